The average molecular weight is 273 g/mol. The van der Waals surface area contributed by atoms with E-state index in [1.807, 2.05) is 38.1 Å². The summed E-state index contributed by atoms with van der Waals surface area (Å²) in [7, 11) is 0. The molecule has 2 aromatic rings. The minimum atomic E-state index is -0.758. The first kappa shape index (κ1) is 14.7. The Bertz CT molecular complexity index is 613. The van der Waals surface area contributed by atoms with Gasteiger partial charge in [-0.25, -0.2) is 4.98 Å². The highest BCUT2D eigenvalue weighted by Crippen LogP contribution is 2.19. The number of fused-ring (bicyclic) bond motifs is 1. The van der Waals surface area contributed by atoms with Crippen LogP contribution in [0.25, 0.3) is 11.0 Å². The molecule has 1 aromatic heterocycles. The molecule has 1 atom stereocenters. The van der Waals surface area contributed by atoms with Gasteiger partial charge in [-0.3, -0.25) is 4.79 Å². The number of rotatable bonds is 6. The molecule has 4 heteroatoms. The first-order valence-corrected chi connectivity index (χ1v) is 7.26. The van der Waals surface area contributed by atoms with Gasteiger partial charge in [-0.05, 0) is 32.4 Å². The van der Waals surface area contributed by atoms with Gasteiger partial charge in [-0.15, -0.1) is 0 Å². The van der Waals surface area contributed by atoms with Crippen molar-refractivity contribution in [2.75, 3.05) is 0 Å². The quantitative estimate of drug-likeness (QED) is 0.880. The maximum absolute atomic E-state index is 12.4. The Labute approximate surface area is 120 Å². The average Bonchev–Trinajstić information content (AvgIpc) is 2.75. The third-order valence-corrected chi connectivity index (χ3v) is 3.77. The summed E-state index contributed by atoms with van der Waals surface area (Å²) in [5.74, 6) is 0.871. The zero-order valence-corrected chi connectivity index (χ0v) is 12.5. The monoisotopic (exact) mass is 273 g/mol. The minimum absolute atomic E-state index is 0.0596. The van der Waals surface area contributed by atoms with Gasteiger partial charge in [0.1, 0.15) is 5.82 Å². The van der Waals surface area contributed by atoms with Crippen molar-refractivity contribution in [3.05, 3.63) is 30.1 Å². The molecule has 0 spiro atoms. The molecule has 2 N–H and O–H groups in total. The standard InChI is InChI=1S/C16H23N3O/c1-4-10-16(3,17)14(20)11-15-18-12-8-6-7-9-13(12)19(15)5-2/h6-9H,4-5,10-11,17H2,1-3H3. The molecule has 0 radical (unpaired) electrons. The maximum atomic E-state index is 12.4. The molecule has 0 fully saturated rings. The SMILES string of the molecule is CCCC(C)(N)C(=O)Cc1nc2ccccc2n1CC. The molecule has 20 heavy (non-hydrogen) atoms. The fourth-order valence-corrected chi connectivity index (χ4v) is 2.62. The number of benzene rings is 1. The van der Waals surface area contributed by atoms with E-state index in [4.69, 9.17) is 5.73 Å². The van der Waals surface area contributed by atoms with Crippen LogP contribution in [0.2, 0.25) is 0 Å². The summed E-state index contributed by atoms with van der Waals surface area (Å²) >= 11 is 0. The molecule has 108 valence electrons. The lowest BCUT2D eigenvalue weighted by Crippen LogP contribution is -2.45. The Balaban J connectivity index is 2.32. The number of para-hydroxylation sites is 2. The lowest BCUT2D eigenvalue weighted by atomic mass is 9.90. The molecule has 1 unspecified atom stereocenters. The van der Waals surface area contributed by atoms with Gasteiger partial charge in [-0.1, -0.05) is 25.5 Å². The molecule has 0 saturated heterocycles. The van der Waals surface area contributed by atoms with Crippen LogP contribution < -0.4 is 5.73 Å². The van der Waals surface area contributed by atoms with E-state index in [1.165, 1.54) is 0 Å². The van der Waals surface area contributed by atoms with Crippen molar-refractivity contribution in [3.63, 3.8) is 0 Å². The molecule has 2 rings (SSSR count). The van der Waals surface area contributed by atoms with E-state index in [2.05, 4.69) is 16.5 Å². The Morgan fingerprint density at radius 3 is 2.70 bits per heavy atom. The summed E-state index contributed by atoms with van der Waals surface area (Å²) in [5.41, 5.74) is 7.37. The van der Waals surface area contributed by atoms with E-state index in [1.54, 1.807) is 0 Å². The van der Waals surface area contributed by atoms with Crippen molar-refractivity contribution in [2.24, 2.45) is 5.73 Å². The second kappa shape index (κ2) is 5.75. The molecule has 4 nitrogen and oxygen atoms in total. The fraction of sp³-hybridized carbons (Fsp3) is 0.500. The number of carbonyl (C=O) groups excluding carboxylic acids is 1. The van der Waals surface area contributed by atoms with E-state index in [-0.39, 0.29) is 5.78 Å². The topological polar surface area (TPSA) is 60.9 Å². The highest BCUT2D eigenvalue weighted by Gasteiger charge is 2.28. The Kier molecular flexibility index (Phi) is 4.23. The predicted molar refractivity (Wildman–Crippen MR) is 81.6 cm³/mol. The number of imidazole rings is 1. The highest BCUT2D eigenvalue weighted by molar-refractivity contribution is 5.89. The summed E-state index contributed by atoms with van der Waals surface area (Å²) in [4.78, 5) is 17.0. The number of nitrogens with two attached hydrogens (primary N) is 1. The number of hydrogen-bond acceptors (Lipinski definition) is 3. The van der Waals surface area contributed by atoms with Gasteiger partial charge in [0.05, 0.1) is 23.0 Å². The van der Waals surface area contributed by atoms with Crippen LogP contribution in [0, 0.1) is 0 Å². The lowest BCUT2D eigenvalue weighted by Gasteiger charge is -2.22. The van der Waals surface area contributed by atoms with Crippen molar-refractivity contribution in [1.82, 2.24) is 9.55 Å². The fourth-order valence-electron chi connectivity index (χ4n) is 2.62. The number of Topliss-reactive ketones (excluding diaryl/α,β-unsaturated/α-hetero) is 1. The van der Waals surface area contributed by atoms with Crippen molar-refractivity contribution in [1.29, 1.82) is 0 Å². The van der Waals surface area contributed by atoms with Gasteiger partial charge < -0.3 is 10.3 Å². The van der Waals surface area contributed by atoms with Crippen molar-refractivity contribution < 1.29 is 4.79 Å². The Hall–Kier alpha value is -1.68. The van der Waals surface area contributed by atoms with Gasteiger partial charge in [0.2, 0.25) is 0 Å². The highest BCUT2D eigenvalue weighted by atomic mass is 16.1. The van der Waals surface area contributed by atoms with Crippen molar-refractivity contribution in [3.8, 4) is 0 Å². The summed E-state index contributed by atoms with van der Waals surface area (Å²) in [6.45, 7) is 6.73. The zero-order valence-electron chi connectivity index (χ0n) is 12.5. The largest absolute Gasteiger partial charge is 0.328 e. The van der Waals surface area contributed by atoms with Crippen LogP contribution >= 0.6 is 0 Å². The van der Waals surface area contributed by atoms with Gasteiger partial charge in [0.15, 0.2) is 5.78 Å². The zero-order chi connectivity index (χ0) is 14.8. The lowest BCUT2D eigenvalue weighted by molar-refractivity contribution is -0.123. The van der Waals surface area contributed by atoms with E-state index in [0.29, 0.717) is 12.8 Å². The third kappa shape index (κ3) is 2.75. The van der Waals surface area contributed by atoms with E-state index >= 15 is 0 Å². The summed E-state index contributed by atoms with van der Waals surface area (Å²) in [6.07, 6.45) is 1.91. The number of nitrogens with zero attached hydrogens (tertiary/aromatic N) is 2. The molecule has 1 aromatic carbocycles. The molecule has 0 aliphatic rings. The van der Waals surface area contributed by atoms with Gasteiger partial charge in [-0.2, -0.15) is 0 Å². The number of hydrogen-bond donors (Lipinski definition) is 1. The second-order valence-corrected chi connectivity index (χ2v) is 5.53. The number of aromatic nitrogens is 2. The number of carbonyl (C=O) groups is 1. The van der Waals surface area contributed by atoms with Gasteiger partial charge >= 0.3 is 0 Å². The van der Waals surface area contributed by atoms with Gasteiger partial charge in [0.25, 0.3) is 0 Å². The maximum Gasteiger partial charge on any atom is 0.159 e. The first-order valence-electron chi connectivity index (χ1n) is 7.26. The minimum Gasteiger partial charge on any atom is -0.328 e. The smallest absolute Gasteiger partial charge is 0.159 e. The predicted octanol–water partition coefficient (Wildman–Crippen LogP) is 2.69. The molecule has 0 aliphatic carbocycles. The van der Waals surface area contributed by atoms with Crippen LogP contribution in [0.4, 0.5) is 0 Å². The normalized spacial score (nSPS) is 14.4. The Morgan fingerprint density at radius 2 is 2.05 bits per heavy atom. The van der Waals surface area contributed by atoms with Crippen LogP contribution in [0.15, 0.2) is 24.3 Å². The summed E-state index contributed by atoms with van der Waals surface area (Å²) in [5, 5.41) is 0. The molecule has 0 aliphatic heterocycles. The molecule has 0 saturated carbocycles. The van der Waals surface area contributed by atoms with E-state index in [9.17, 15) is 4.79 Å². The first-order chi connectivity index (χ1) is 9.49. The molecule has 0 bridgehead atoms. The second-order valence-electron chi connectivity index (χ2n) is 5.53. The van der Waals surface area contributed by atoms with Crippen LogP contribution in [0.5, 0.6) is 0 Å². The summed E-state index contributed by atoms with van der Waals surface area (Å²) < 4.78 is 2.09. The molecule has 0 amide bonds. The van der Waals surface area contributed by atoms with E-state index in [0.717, 1.165) is 29.8 Å². The summed E-state index contributed by atoms with van der Waals surface area (Å²) in [6, 6.07) is 7.97. The van der Waals surface area contributed by atoms with Crippen molar-refractivity contribution in [2.45, 2.75) is 52.1 Å². The Morgan fingerprint density at radius 1 is 1.35 bits per heavy atom. The van der Waals surface area contributed by atoms with Crippen LogP contribution in [0.1, 0.15) is 39.4 Å². The van der Waals surface area contributed by atoms with Crippen LogP contribution in [-0.4, -0.2) is 20.9 Å². The van der Waals surface area contributed by atoms with E-state index < -0.39 is 5.54 Å². The van der Waals surface area contributed by atoms with Gasteiger partial charge in [0, 0.05) is 6.54 Å². The molecular formula is C16H23N3O. The number of aryl methyl sites for hydroxylation is 1. The van der Waals surface area contributed by atoms with Crippen LogP contribution in [-0.2, 0) is 17.8 Å². The van der Waals surface area contributed by atoms with Crippen LogP contribution in [0.3, 0.4) is 0 Å². The molecule has 1 heterocycles. The number of ketones is 1. The van der Waals surface area contributed by atoms with Crippen molar-refractivity contribution >= 4 is 16.8 Å². The molecular weight excluding hydrogens is 250 g/mol. The third-order valence-electron chi connectivity index (χ3n) is 3.77.